The van der Waals surface area contributed by atoms with E-state index in [1.54, 1.807) is 0 Å². The molecule has 0 heterocycles. The molecule has 0 bridgehead atoms. The van der Waals surface area contributed by atoms with E-state index < -0.39 is 18.2 Å². The lowest BCUT2D eigenvalue weighted by atomic mass is 9.90. The largest absolute Gasteiger partial charge is 0.545 e. The number of carboxylic acids is 1. The first-order valence-electron chi connectivity index (χ1n) is 4.56. The number of hydrogen-bond acceptors (Lipinski definition) is 4. The highest BCUT2D eigenvalue weighted by Gasteiger charge is 2.26. The Hall–Kier alpha value is -1.13. The van der Waals surface area contributed by atoms with E-state index in [1.165, 1.54) is 12.2 Å². The summed E-state index contributed by atoms with van der Waals surface area (Å²) in [5.41, 5.74) is 0.391. The van der Waals surface area contributed by atoms with Crippen molar-refractivity contribution in [2.24, 2.45) is 0 Å². The van der Waals surface area contributed by atoms with Crippen molar-refractivity contribution >= 4 is 5.97 Å². The normalized spacial score (nSPS) is 26.8. The van der Waals surface area contributed by atoms with Crippen LogP contribution in [0.3, 0.4) is 0 Å². The lowest BCUT2D eigenvalue weighted by molar-refractivity contribution is -0.300. The van der Waals surface area contributed by atoms with Gasteiger partial charge in [-0.1, -0.05) is 25.5 Å². The molecule has 78 valence electrons. The summed E-state index contributed by atoms with van der Waals surface area (Å²) in [7, 11) is 0. The van der Waals surface area contributed by atoms with E-state index in [0.717, 1.165) is 6.42 Å². The Morgan fingerprint density at radius 3 is 2.57 bits per heavy atom. The van der Waals surface area contributed by atoms with E-state index >= 15 is 0 Å². The van der Waals surface area contributed by atoms with Crippen molar-refractivity contribution in [3.8, 4) is 0 Å². The second-order valence-corrected chi connectivity index (χ2v) is 3.29. The molecule has 0 saturated heterocycles. The van der Waals surface area contributed by atoms with Gasteiger partial charge in [-0.2, -0.15) is 0 Å². The Labute approximate surface area is 82.2 Å². The van der Waals surface area contributed by atoms with Crippen molar-refractivity contribution in [2.75, 3.05) is 0 Å². The molecule has 14 heavy (non-hydrogen) atoms. The second-order valence-electron chi connectivity index (χ2n) is 3.29. The van der Waals surface area contributed by atoms with Crippen molar-refractivity contribution in [2.45, 2.75) is 32.0 Å². The predicted molar refractivity (Wildman–Crippen MR) is 48.1 cm³/mol. The molecule has 1 aliphatic rings. The molecule has 0 amide bonds. The van der Waals surface area contributed by atoms with Gasteiger partial charge in [0.05, 0.1) is 5.97 Å². The van der Waals surface area contributed by atoms with Crippen LogP contribution in [0.25, 0.3) is 0 Å². The number of allylic oxidation sites excluding steroid dienone is 2. The first kappa shape index (κ1) is 10.9. The minimum atomic E-state index is -1.44. The van der Waals surface area contributed by atoms with Crippen LogP contribution in [-0.4, -0.2) is 28.4 Å². The van der Waals surface area contributed by atoms with Gasteiger partial charge in [-0.05, 0) is 12.0 Å². The molecular formula is C10H13O4-. The van der Waals surface area contributed by atoms with Crippen molar-refractivity contribution in [1.82, 2.24) is 0 Å². The first-order chi connectivity index (χ1) is 6.57. The minimum Gasteiger partial charge on any atom is -0.545 e. The number of aliphatic carboxylic acids is 1. The summed E-state index contributed by atoms with van der Waals surface area (Å²) >= 11 is 0. The zero-order valence-corrected chi connectivity index (χ0v) is 7.93. The lowest BCUT2D eigenvalue weighted by Crippen LogP contribution is -2.39. The van der Waals surface area contributed by atoms with Crippen molar-refractivity contribution in [3.63, 3.8) is 0 Å². The van der Waals surface area contributed by atoms with Crippen LogP contribution in [0.15, 0.2) is 23.3 Å². The predicted octanol–water partition coefficient (Wildman–Crippen LogP) is -0.875. The molecule has 0 fully saturated rings. The summed E-state index contributed by atoms with van der Waals surface area (Å²) in [6.45, 7) is 1.94. The fraction of sp³-hybridized carbons (Fsp3) is 0.500. The molecule has 2 atom stereocenters. The molecule has 0 unspecified atom stereocenters. The monoisotopic (exact) mass is 197 g/mol. The first-order valence-corrected chi connectivity index (χ1v) is 4.56. The fourth-order valence-electron chi connectivity index (χ4n) is 1.48. The molecule has 0 spiro atoms. The van der Waals surface area contributed by atoms with E-state index in [2.05, 4.69) is 0 Å². The third-order valence-corrected chi connectivity index (χ3v) is 2.25. The molecule has 0 aliphatic heterocycles. The quantitative estimate of drug-likeness (QED) is 0.616. The van der Waals surface area contributed by atoms with Gasteiger partial charge in [0, 0.05) is 5.57 Å². The Kier molecular flexibility index (Phi) is 3.43. The molecule has 0 saturated carbocycles. The Morgan fingerprint density at radius 1 is 1.43 bits per heavy atom. The van der Waals surface area contributed by atoms with Gasteiger partial charge in [0.25, 0.3) is 0 Å². The number of aliphatic hydroxyl groups is 2. The zero-order chi connectivity index (χ0) is 10.7. The summed E-state index contributed by atoms with van der Waals surface area (Å²) in [6, 6.07) is 0. The van der Waals surface area contributed by atoms with Crippen LogP contribution in [0.1, 0.15) is 19.8 Å². The summed E-state index contributed by atoms with van der Waals surface area (Å²) in [5, 5.41) is 29.5. The second kappa shape index (κ2) is 4.39. The van der Waals surface area contributed by atoms with Gasteiger partial charge in [0.1, 0.15) is 12.2 Å². The van der Waals surface area contributed by atoms with Crippen LogP contribution in [-0.2, 0) is 4.79 Å². The van der Waals surface area contributed by atoms with Crippen LogP contribution in [0.2, 0.25) is 0 Å². The third kappa shape index (κ3) is 2.02. The summed E-state index contributed by atoms with van der Waals surface area (Å²) < 4.78 is 0. The highest BCUT2D eigenvalue weighted by Crippen LogP contribution is 2.22. The topological polar surface area (TPSA) is 80.6 Å². The van der Waals surface area contributed by atoms with E-state index in [4.69, 9.17) is 0 Å². The van der Waals surface area contributed by atoms with Crippen molar-refractivity contribution in [3.05, 3.63) is 23.3 Å². The number of aliphatic hydroxyl groups excluding tert-OH is 2. The Bertz CT molecular complexity index is 290. The molecule has 0 aromatic carbocycles. The number of carboxylic acid groups (broad SMARTS) is 1. The van der Waals surface area contributed by atoms with Crippen LogP contribution in [0.5, 0.6) is 0 Å². The van der Waals surface area contributed by atoms with Gasteiger partial charge in [-0.15, -0.1) is 0 Å². The summed E-state index contributed by atoms with van der Waals surface area (Å²) in [4.78, 5) is 10.5. The average molecular weight is 197 g/mol. The minimum absolute atomic E-state index is 0.266. The van der Waals surface area contributed by atoms with Crippen LogP contribution in [0, 0.1) is 0 Å². The number of carbonyl (C=O) groups excluding carboxylic acids is 1. The number of rotatable bonds is 3. The van der Waals surface area contributed by atoms with Gasteiger partial charge < -0.3 is 20.1 Å². The van der Waals surface area contributed by atoms with Gasteiger partial charge in [-0.25, -0.2) is 0 Å². The van der Waals surface area contributed by atoms with Crippen molar-refractivity contribution in [1.29, 1.82) is 0 Å². The van der Waals surface area contributed by atoms with E-state index in [9.17, 15) is 20.1 Å². The van der Waals surface area contributed by atoms with Crippen LogP contribution >= 0.6 is 0 Å². The van der Waals surface area contributed by atoms with Crippen molar-refractivity contribution < 1.29 is 20.1 Å². The maximum atomic E-state index is 10.5. The standard InChI is InChI=1S/C10H14O4/c1-2-3-6-4-5-7(10(13)14)9(12)8(6)11/h4-5,8-9,11-12H,2-3H2,1H3,(H,13,14)/p-1/t8-,9+/m0/s1. The third-order valence-electron chi connectivity index (χ3n) is 2.25. The number of hydrogen-bond donors (Lipinski definition) is 2. The lowest BCUT2D eigenvalue weighted by Gasteiger charge is -2.26. The Balaban J connectivity index is 2.90. The van der Waals surface area contributed by atoms with Gasteiger partial charge in [-0.3, -0.25) is 0 Å². The molecule has 1 aliphatic carbocycles. The zero-order valence-electron chi connectivity index (χ0n) is 7.93. The summed E-state index contributed by atoms with van der Waals surface area (Å²) in [6.07, 6.45) is 1.82. The summed E-state index contributed by atoms with van der Waals surface area (Å²) in [5.74, 6) is -1.44. The maximum Gasteiger partial charge on any atom is 0.110 e. The number of carbonyl (C=O) groups is 1. The van der Waals surface area contributed by atoms with Gasteiger partial charge >= 0.3 is 0 Å². The van der Waals surface area contributed by atoms with E-state index in [1.807, 2.05) is 6.92 Å². The maximum absolute atomic E-state index is 10.5. The fourth-order valence-corrected chi connectivity index (χ4v) is 1.48. The highest BCUT2D eigenvalue weighted by molar-refractivity contribution is 5.87. The van der Waals surface area contributed by atoms with E-state index in [-0.39, 0.29) is 5.57 Å². The molecule has 4 heteroatoms. The smallest absolute Gasteiger partial charge is 0.110 e. The molecule has 2 N–H and O–H groups in total. The molecule has 0 radical (unpaired) electrons. The molecular weight excluding hydrogens is 184 g/mol. The van der Waals surface area contributed by atoms with Gasteiger partial charge in [0.15, 0.2) is 0 Å². The van der Waals surface area contributed by atoms with Gasteiger partial charge in [0.2, 0.25) is 0 Å². The average Bonchev–Trinajstić information content (AvgIpc) is 2.13. The van der Waals surface area contributed by atoms with E-state index in [0.29, 0.717) is 12.0 Å². The Morgan fingerprint density at radius 2 is 2.07 bits per heavy atom. The van der Waals surface area contributed by atoms with Crippen LogP contribution in [0.4, 0.5) is 0 Å². The molecule has 0 aromatic rings. The highest BCUT2D eigenvalue weighted by atomic mass is 16.4. The molecule has 1 rings (SSSR count). The van der Waals surface area contributed by atoms with Crippen LogP contribution < -0.4 is 5.11 Å². The molecule has 4 nitrogen and oxygen atoms in total. The molecule has 0 aromatic heterocycles. The SMILES string of the molecule is CCCC1=CC=C(C(=O)[O-])[C@@H](O)[C@H]1O.